The van der Waals surface area contributed by atoms with Crippen LogP contribution in [0.15, 0.2) is 24.3 Å². The molecule has 1 atom stereocenters. The number of halogens is 1. The Morgan fingerprint density at radius 1 is 1.33 bits per heavy atom. The van der Waals surface area contributed by atoms with Crippen LogP contribution in [0.4, 0.5) is 0 Å². The van der Waals surface area contributed by atoms with Gasteiger partial charge in [0.15, 0.2) is 27.9 Å². The summed E-state index contributed by atoms with van der Waals surface area (Å²) in [6.07, 6.45) is 0.461. The number of methoxy groups -OCH3 is 1. The second-order valence-corrected chi connectivity index (χ2v) is 6.84. The van der Waals surface area contributed by atoms with Gasteiger partial charge in [-0.1, -0.05) is 12.1 Å². The molecule has 1 aliphatic rings. The average molecular weight is 336 g/mol. The molecular weight excluding hydrogens is 318 g/mol. The van der Waals surface area contributed by atoms with Crippen molar-refractivity contribution in [3.05, 3.63) is 24.3 Å². The second-order valence-electron chi connectivity index (χ2n) is 4.61. The Morgan fingerprint density at radius 2 is 2.00 bits per heavy atom. The molecule has 0 spiro atoms. The van der Waals surface area contributed by atoms with Gasteiger partial charge in [0, 0.05) is 6.04 Å². The number of benzene rings is 1. The highest BCUT2D eigenvalue weighted by atomic mass is 35.5. The minimum Gasteiger partial charge on any atom is -0.493 e. The van der Waals surface area contributed by atoms with Gasteiger partial charge in [0.25, 0.3) is 5.91 Å². The molecule has 1 unspecified atom stereocenters. The molecule has 1 saturated heterocycles. The Bertz CT molecular complexity index is 590. The SMILES string of the molecule is COc1ccccc1OCC(=O)NC1CCS(=O)(=O)C1.Cl. The third kappa shape index (κ3) is 5.09. The molecule has 8 heteroatoms. The Morgan fingerprint density at radius 3 is 2.57 bits per heavy atom. The molecule has 0 aromatic heterocycles. The lowest BCUT2D eigenvalue weighted by Gasteiger charge is -2.13. The summed E-state index contributed by atoms with van der Waals surface area (Å²) >= 11 is 0. The minimum atomic E-state index is -2.99. The zero-order chi connectivity index (χ0) is 14.6. The molecule has 1 amide bonds. The molecule has 0 radical (unpaired) electrons. The summed E-state index contributed by atoms with van der Waals surface area (Å²) in [5.74, 6) is 0.824. The third-order valence-electron chi connectivity index (χ3n) is 3.03. The number of rotatable bonds is 5. The van der Waals surface area contributed by atoms with Gasteiger partial charge in [-0.05, 0) is 18.6 Å². The van der Waals surface area contributed by atoms with Crippen LogP contribution in [0.2, 0.25) is 0 Å². The number of carbonyl (C=O) groups is 1. The van der Waals surface area contributed by atoms with Crippen molar-refractivity contribution in [1.82, 2.24) is 5.32 Å². The molecule has 1 N–H and O–H groups in total. The van der Waals surface area contributed by atoms with Gasteiger partial charge in [0.2, 0.25) is 0 Å². The van der Waals surface area contributed by atoms with Crippen LogP contribution in [0.25, 0.3) is 0 Å². The number of carbonyl (C=O) groups excluding carboxylic acids is 1. The molecule has 1 aromatic rings. The summed E-state index contributed by atoms with van der Waals surface area (Å²) in [4.78, 5) is 11.7. The Kier molecular flexibility index (Phi) is 6.29. The predicted molar refractivity (Wildman–Crippen MR) is 80.9 cm³/mol. The monoisotopic (exact) mass is 335 g/mol. The van der Waals surface area contributed by atoms with E-state index in [4.69, 9.17) is 9.47 Å². The number of amides is 1. The highest BCUT2D eigenvalue weighted by molar-refractivity contribution is 7.91. The third-order valence-corrected chi connectivity index (χ3v) is 4.79. The number of nitrogens with one attached hydrogen (secondary N) is 1. The topological polar surface area (TPSA) is 81.7 Å². The number of ether oxygens (including phenoxy) is 2. The Hall–Kier alpha value is -1.47. The number of sulfone groups is 1. The van der Waals surface area contributed by atoms with Crippen molar-refractivity contribution in [2.75, 3.05) is 25.2 Å². The first-order valence-electron chi connectivity index (χ1n) is 6.26. The predicted octanol–water partition coefficient (Wildman–Crippen LogP) is 0.799. The van der Waals surface area contributed by atoms with E-state index in [1.54, 1.807) is 24.3 Å². The molecule has 2 rings (SSSR count). The van der Waals surface area contributed by atoms with E-state index in [9.17, 15) is 13.2 Å². The van der Waals surface area contributed by atoms with E-state index < -0.39 is 9.84 Å². The first-order valence-corrected chi connectivity index (χ1v) is 8.08. The molecule has 21 heavy (non-hydrogen) atoms. The molecule has 0 bridgehead atoms. The maximum atomic E-state index is 11.7. The normalized spacial score (nSPS) is 19.4. The van der Waals surface area contributed by atoms with Gasteiger partial charge >= 0.3 is 0 Å². The molecule has 6 nitrogen and oxygen atoms in total. The van der Waals surface area contributed by atoms with Crippen LogP contribution in [0.1, 0.15) is 6.42 Å². The van der Waals surface area contributed by atoms with Gasteiger partial charge in [0.05, 0.1) is 18.6 Å². The van der Waals surface area contributed by atoms with Crippen molar-refractivity contribution in [3.63, 3.8) is 0 Å². The smallest absolute Gasteiger partial charge is 0.258 e. The fourth-order valence-corrected chi connectivity index (χ4v) is 3.73. The van der Waals surface area contributed by atoms with E-state index in [0.29, 0.717) is 17.9 Å². The summed E-state index contributed by atoms with van der Waals surface area (Å²) in [6.45, 7) is -0.170. The lowest BCUT2D eigenvalue weighted by atomic mass is 10.2. The van der Waals surface area contributed by atoms with Crippen LogP contribution in [-0.4, -0.2) is 45.6 Å². The van der Waals surface area contributed by atoms with Crippen LogP contribution in [0.3, 0.4) is 0 Å². The van der Waals surface area contributed by atoms with Gasteiger partial charge in [-0.2, -0.15) is 0 Å². The highest BCUT2D eigenvalue weighted by Gasteiger charge is 2.28. The minimum absolute atomic E-state index is 0. The van der Waals surface area contributed by atoms with Gasteiger partial charge in [-0.3, -0.25) is 4.79 Å². The van der Waals surface area contributed by atoms with E-state index >= 15 is 0 Å². The van der Waals surface area contributed by atoms with Crippen molar-refractivity contribution in [2.24, 2.45) is 0 Å². The fourth-order valence-electron chi connectivity index (χ4n) is 2.06. The maximum absolute atomic E-state index is 11.7. The van der Waals surface area contributed by atoms with Gasteiger partial charge in [-0.25, -0.2) is 8.42 Å². The molecule has 1 aliphatic heterocycles. The van der Waals surface area contributed by atoms with E-state index in [0.717, 1.165) is 0 Å². The molecule has 118 valence electrons. The zero-order valence-corrected chi connectivity index (χ0v) is 13.2. The van der Waals surface area contributed by atoms with Crippen molar-refractivity contribution in [2.45, 2.75) is 12.5 Å². The van der Waals surface area contributed by atoms with E-state index in [1.165, 1.54) is 7.11 Å². The van der Waals surface area contributed by atoms with Crippen LogP contribution >= 0.6 is 12.4 Å². The summed E-state index contributed by atoms with van der Waals surface area (Å²) in [7, 11) is -1.47. The quantitative estimate of drug-likeness (QED) is 0.860. The lowest BCUT2D eigenvalue weighted by Crippen LogP contribution is -2.38. The van der Waals surface area contributed by atoms with Crippen molar-refractivity contribution >= 4 is 28.2 Å². The highest BCUT2D eigenvalue weighted by Crippen LogP contribution is 2.25. The Labute approximate surface area is 130 Å². The van der Waals surface area contributed by atoms with E-state index in [-0.39, 0.29) is 42.5 Å². The fraction of sp³-hybridized carbons (Fsp3) is 0.462. The summed E-state index contributed by atoms with van der Waals surface area (Å²) in [5.41, 5.74) is 0. The summed E-state index contributed by atoms with van der Waals surface area (Å²) < 4.78 is 33.0. The van der Waals surface area contributed by atoms with Crippen molar-refractivity contribution < 1.29 is 22.7 Å². The van der Waals surface area contributed by atoms with Crippen LogP contribution in [0, 0.1) is 0 Å². The molecule has 1 heterocycles. The molecule has 1 fully saturated rings. The van der Waals surface area contributed by atoms with Crippen molar-refractivity contribution in [1.29, 1.82) is 0 Å². The molecule has 0 saturated carbocycles. The van der Waals surface area contributed by atoms with Gasteiger partial charge in [-0.15, -0.1) is 12.4 Å². The zero-order valence-electron chi connectivity index (χ0n) is 11.6. The summed E-state index contributed by atoms with van der Waals surface area (Å²) in [6, 6.07) is 6.70. The van der Waals surface area contributed by atoms with Crippen LogP contribution in [0.5, 0.6) is 11.5 Å². The van der Waals surface area contributed by atoms with Crippen LogP contribution in [-0.2, 0) is 14.6 Å². The standard InChI is InChI=1S/C13H17NO5S.ClH/c1-18-11-4-2-3-5-12(11)19-8-13(15)14-10-6-7-20(16,17)9-10;/h2-5,10H,6-9H2,1H3,(H,14,15);1H. The first-order chi connectivity index (χ1) is 9.50. The molecular formula is C13H18ClNO5S. The van der Waals surface area contributed by atoms with Gasteiger partial charge in [0.1, 0.15) is 0 Å². The molecule has 1 aromatic carbocycles. The number of hydrogen-bond donors (Lipinski definition) is 1. The van der Waals surface area contributed by atoms with Gasteiger partial charge < -0.3 is 14.8 Å². The number of hydrogen-bond acceptors (Lipinski definition) is 5. The first kappa shape index (κ1) is 17.6. The van der Waals surface area contributed by atoms with E-state index in [1.807, 2.05) is 0 Å². The maximum Gasteiger partial charge on any atom is 0.258 e. The molecule has 0 aliphatic carbocycles. The lowest BCUT2D eigenvalue weighted by molar-refractivity contribution is -0.123. The van der Waals surface area contributed by atoms with Crippen molar-refractivity contribution in [3.8, 4) is 11.5 Å². The largest absolute Gasteiger partial charge is 0.493 e. The second kappa shape index (κ2) is 7.51. The number of para-hydroxylation sites is 2. The average Bonchev–Trinajstić information content (AvgIpc) is 2.76. The van der Waals surface area contributed by atoms with E-state index in [2.05, 4.69) is 5.32 Å². The van der Waals surface area contributed by atoms with Crippen LogP contribution < -0.4 is 14.8 Å². The Balaban J connectivity index is 0.00000220. The summed E-state index contributed by atoms with van der Waals surface area (Å²) in [5, 5.41) is 2.66.